The molecular formula is C14H15ClN2O2. The smallest absolute Gasteiger partial charge is 0.299 e. The van der Waals surface area contributed by atoms with Gasteiger partial charge in [0, 0.05) is 13.1 Å². The lowest BCUT2D eigenvalue weighted by atomic mass is 10.1. The molecule has 0 spiro atoms. The van der Waals surface area contributed by atoms with Crippen LogP contribution in [0.3, 0.4) is 0 Å². The first-order valence-corrected chi connectivity index (χ1v) is 6.93. The van der Waals surface area contributed by atoms with Crippen LogP contribution >= 0.6 is 11.6 Å². The molecule has 0 N–H and O–H groups in total. The summed E-state index contributed by atoms with van der Waals surface area (Å²) in [5, 5.41) is 0.470. The quantitative estimate of drug-likeness (QED) is 0.794. The first-order valence-electron chi connectivity index (χ1n) is 6.55. The van der Waals surface area contributed by atoms with E-state index in [9.17, 15) is 9.59 Å². The first kappa shape index (κ1) is 12.6. The van der Waals surface area contributed by atoms with Crippen molar-refractivity contribution in [3.05, 3.63) is 28.8 Å². The van der Waals surface area contributed by atoms with Gasteiger partial charge < -0.3 is 9.80 Å². The molecule has 0 saturated carbocycles. The number of carbonyl (C=O) groups excluding carboxylic acids is 2. The van der Waals surface area contributed by atoms with Crippen LogP contribution in [0.15, 0.2) is 18.2 Å². The predicted octanol–water partition coefficient (Wildman–Crippen LogP) is 1.97. The first-order chi connectivity index (χ1) is 9.18. The van der Waals surface area contributed by atoms with Crippen LogP contribution in [-0.2, 0) is 4.79 Å². The Hall–Kier alpha value is -1.39. The molecule has 1 aromatic rings. The zero-order chi connectivity index (χ0) is 13.4. The number of para-hydroxylation sites is 1. The molecule has 0 bridgehead atoms. The zero-order valence-corrected chi connectivity index (χ0v) is 11.3. The zero-order valence-electron chi connectivity index (χ0n) is 10.6. The Balaban J connectivity index is 1.82. The van der Waals surface area contributed by atoms with Gasteiger partial charge in [-0.05, 0) is 38.1 Å². The highest BCUT2D eigenvalue weighted by molar-refractivity contribution is 6.54. The minimum absolute atomic E-state index is 0.430. The van der Waals surface area contributed by atoms with Crippen molar-refractivity contribution in [2.75, 3.05) is 31.1 Å². The molecule has 2 aliphatic heterocycles. The Bertz CT molecular complexity index is 538. The number of anilines is 1. The third-order valence-electron chi connectivity index (χ3n) is 3.78. The van der Waals surface area contributed by atoms with Gasteiger partial charge in [-0.2, -0.15) is 0 Å². The van der Waals surface area contributed by atoms with Crippen molar-refractivity contribution in [2.45, 2.75) is 12.8 Å². The van der Waals surface area contributed by atoms with E-state index in [4.69, 9.17) is 11.6 Å². The molecule has 0 atom stereocenters. The summed E-state index contributed by atoms with van der Waals surface area (Å²) in [4.78, 5) is 27.7. The highest BCUT2D eigenvalue weighted by atomic mass is 35.5. The average molecular weight is 279 g/mol. The number of amides is 1. The number of hydrogen-bond donors (Lipinski definition) is 0. The normalized spacial score (nSPS) is 19.3. The Morgan fingerprint density at radius 3 is 2.58 bits per heavy atom. The van der Waals surface area contributed by atoms with Gasteiger partial charge in [0.15, 0.2) is 0 Å². The highest BCUT2D eigenvalue weighted by Gasteiger charge is 2.37. The number of benzene rings is 1. The topological polar surface area (TPSA) is 40.6 Å². The fourth-order valence-corrected chi connectivity index (χ4v) is 3.05. The van der Waals surface area contributed by atoms with E-state index in [0.717, 1.165) is 19.6 Å². The summed E-state index contributed by atoms with van der Waals surface area (Å²) in [6.07, 6.45) is 2.43. The Morgan fingerprint density at radius 1 is 1.11 bits per heavy atom. The van der Waals surface area contributed by atoms with E-state index in [2.05, 4.69) is 4.90 Å². The standard InChI is InChI=1S/C14H15ClN2O2/c15-11-5-3-4-10-12(11)17(14(19)13(10)18)9-8-16-6-1-2-7-16/h3-5H,1-2,6-9H2. The molecule has 2 aliphatic rings. The number of rotatable bonds is 3. The Morgan fingerprint density at radius 2 is 1.84 bits per heavy atom. The molecule has 1 fully saturated rings. The molecular weight excluding hydrogens is 264 g/mol. The predicted molar refractivity (Wildman–Crippen MR) is 73.8 cm³/mol. The monoisotopic (exact) mass is 278 g/mol. The number of likely N-dealkylation sites (tertiary alicyclic amines) is 1. The lowest BCUT2D eigenvalue weighted by Crippen LogP contribution is -2.37. The van der Waals surface area contributed by atoms with E-state index in [1.54, 1.807) is 18.2 Å². The summed E-state index contributed by atoms with van der Waals surface area (Å²) >= 11 is 6.13. The second-order valence-electron chi connectivity index (χ2n) is 4.97. The van der Waals surface area contributed by atoms with Crippen molar-refractivity contribution in [3.8, 4) is 0 Å². The van der Waals surface area contributed by atoms with Gasteiger partial charge in [0.2, 0.25) is 0 Å². The number of nitrogens with zero attached hydrogens (tertiary/aromatic N) is 2. The van der Waals surface area contributed by atoms with Crippen molar-refractivity contribution in [1.82, 2.24) is 4.90 Å². The molecule has 5 heteroatoms. The third kappa shape index (κ3) is 2.15. The maximum Gasteiger partial charge on any atom is 0.299 e. The van der Waals surface area contributed by atoms with E-state index in [0.29, 0.717) is 22.8 Å². The van der Waals surface area contributed by atoms with Gasteiger partial charge in [0.05, 0.1) is 16.3 Å². The third-order valence-corrected chi connectivity index (χ3v) is 4.08. The SMILES string of the molecule is O=C1C(=O)N(CCN2CCCC2)c2c(Cl)cccc21. The number of ketones is 1. The van der Waals surface area contributed by atoms with Crippen LogP contribution in [0.4, 0.5) is 5.69 Å². The van der Waals surface area contributed by atoms with Crippen LogP contribution in [0.2, 0.25) is 5.02 Å². The second-order valence-corrected chi connectivity index (χ2v) is 5.38. The molecule has 1 saturated heterocycles. The lowest BCUT2D eigenvalue weighted by molar-refractivity contribution is -0.114. The summed E-state index contributed by atoms with van der Waals surface area (Å²) in [5.74, 6) is -0.902. The largest absolute Gasteiger partial charge is 0.302 e. The van der Waals surface area contributed by atoms with Gasteiger partial charge in [0.25, 0.3) is 11.7 Å². The minimum Gasteiger partial charge on any atom is -0.302 e. The number of carbonyl (C=O) groups is 2. The molecule has 19 heavy (non-hydrogen) atoms. The van der Waals surface area contributed by atoms with Gasteiger partial charge >= 0.3 is 0 Å². The molecule has 0 aromatic heterocycles. The molecule has 1 amide bonds. The molecule has 1 aromatic carbocycles. The molecule has 0 radical (unpaired) electrons. The maximum atomic E-state index is 12.0. The molecule has 3 rings (SSSR count). The molecule has 4 nitrogen and oxygen atoms in total. The fourth-order valence-electron chi connectivity index (χ4n) is 2.77. The van der Waals surface area contributed by atoms with Gasteiger partial charge in [-0.15, -0.1) is 0 Å². The van der Waals surface area contributed by atoms with Crippen molar-refractivity contribution in [3.63, 3.8) is 0 Å². The van der Waals surface area contributed by atoms with Gasteiger partial charge in [-0.1, -0.05) is 17.7 Å². The number of Topliss-reactive ketones (excluding diaryl/α,β-unsaturated/α-hetero) is 1. The fraction of sp³-hybridized carbons (Fsp3) is 0.429. The average Bonchev–Trinajstić information content (AvgIpc) is 2.99. The second kappa shape index (κ2) is 4.94. The van der Waals surface area contributed by atoms with E-state index in [1.165, 1.54) is 17.7 Å². The lowest BCUT2D eigenvalue weighted by Gasteiger charge is -2.21. The van der Waals surface area contributed by atoms with Crippen molar-refractivity contribution in [2.24, 2.45) is 0 Å². The van der Waals surface area contributed by atoms with Crippen molar-refractivity contribution in [1.29, 1.82) is 0 Å². The maximum absolute atomic E-state index is 12.0. The van der Waals surface area contributed by atoms with Crippen LogP contribution in [0.5, 0.6) is 0 Å². The Kier molecular flexibility index (Phi) is 3.29. The van der Waals surface area contributed by atoms with Gasteiger partial charge in [-0.25, -0.2) is 0 Å². The molecule has 0 aliphatic carbocycles. The van der Waals surface area contributed by atoms with Gasteiger partial charge in [0.1, 0.15) is 0 Å². The molecule has 0 unspecified atom stereocenters. The van der Waals surface area contributed by atoms with E-state index in [-0.39, 0.29) is 0 Å². The van der Waals surface area contributed by atoms with E-state index in [1.807, 2.05) is 0 Å². The number of halogens is 1. The summed E-state index contributed by atoms with van der Waals surface area (Å²) in [7, 11) is 0. The summed E-state index contributed by atoms with van der Waals surface area (Å²) < 4.78 is 0. The number of hydrogen-bond acceptors (Lipinski definition) is 3. The molecule has 2 heterocycles. The van der Waals surface area contributed by atoms with Crippen LogP contribution in [0, 0.1) is 0 Å². The van der Waals surface area contributed by atoms with Crippen LogP contribution in [-0.4, -0.2) is 42.8 Å². The van der Waals surface area contributed by atoms with E-state index >= 15 is 0 Å². The van der Waals surface area contributed by atoms with Crippen molar-refractivity contribution < 1.29 is 9.59 Å². The number of fused-ring (bicyclic) bond motifs is 1. The van der Waals surface area contributed by atoms with Gasteiger partial charge in [-0.3, -0.25) is 9.59 Å². The van der Waals surface area contributed by atoms with Crippen LogP contribution < -0.4 is 4.90 Å². The molecule has 100 valence electrons. The Labute approximate surface area is 116 Å². The summed E-state index contributed by atoms with van der Waals surface area (Å²) in [6, 6.07) is 5.09. The van der Waals surface area contributed by atoms with Crippen LogP contribution in [0.25, 0.3) is 0 Å². The van der Waals surface area contributed by atoms with Crippen molar-refractivity contribution >= 4 is 29.0 Å². The van der Waals surface area contributed by atoms with E-state index < -0.39 is 11.7 Å². The van der Waals surface area contributed by atoms with Crippen LogP contribution in [0.1, 0.15) is 23.2 Å². The minimum atomic E-state index is -0.456. The summed E-state index contributed by atoms with van der Waals surface area (Å²) in [6.45, 7) is 3.47. The summed E-state index contributed by atoms with van der Waals surface area (Å²) in [5.41, 5.74) is 1.01. The highest BCUT2D eigenvalue weighted by Crippen LogP contribution is 2.35.